The van der Waals surface area contributed by atoms with Crippen LogP contribution in [0.4, 0.5) is 0 Å². The molecular weight excluding hydrogens is 446 g/mol. The van der Waals surface area contributed by atoms with Crippen LogP contribution in [0.25, 0.3) is 0 Å². The molecule has 0 spiro atoms. The Morgan fingerprint density at radius 1 is 1.12 bits per heavy atom. The number of nitrogens with one attached hydrogen (secondary N) is 1. The van der Waals surface area contributed by atoms with Crippen molar-refractivity contribution in [1.82, 2.24) is 10.2 Å². The molecule has 1 aliphatic rings. The lowest BCUT2D eigenvalue weighted by Crippen LogP contribution is -2.41. The van der Waals surface area contributed by atoms with E-state index in [2.05, 4.69) is 34.7 Å². The zero-order valence-corrected chi connectivity index (χ0v) is 20.2. The molecule has 3 aromatic rings. The fraction of sp³-hybridized carbons (Fsp3) is 0.333. The molecule has 178 valence electrons. The predicted octanol–water partition coefficient (Wildman–Crippen LogP) is 4.63. The fourth-order valence-corrected chi connectivity index (χ4v) is 5.14. The summed E-state index contributed by atoms with van der Waals surface area (Å²) in [5, 5.41) is 5.24. The van der Waals surface area contributed by atoms with E-state index in [1.54, 1.807) is 41.7 Å². The number of ether oxygens (including phenoxy) is 1. The molecule has 0 aliphatic carbocycles. The van der Waals surface area contributed by atoms with Crippen LogP contribution in [0.2, 0.25) is 0 Å². The number of likely N-dealkylation sites (tertiary alicyclic amines) is 1. The van der Waals surface area contributed by atoms with E-state index in [1.807, 2.05) is 18.2 Å². The standard InChI is InChI=1S/C27H31N3O3S/c1-19-11-13-30(14-12-19)23(25-10-5-15-34-25)17-29-27(32)21-7-4-6-20(16-21)18-33-24-9-3-2-8-22(24)26(28)31/h2-10,15-16,19,23H,11-14,17-18H2,1H3,(H2,28,31)(H,29,32). The van der Waals surface area contributed by atoms with E-state index in [4.69, 9.17) is 10.5 Å². The van der Waals surface area contributed by atoms with Crippen LogP contribution in [0.1, 0.15) is 57.0 Å². The molecule has 1 aromatic heterocycles. The molecule has 1 atom stereocenters. The first kappa shape index (κ1) is 24.0. The van der Waals surface area contributed by atoms with Gasteiger partial charge in [-0.3, -0.25) is 14.5 Å². The van der Waals surface area contributed by atoms with Crippen molar-refractivity contribution in [3.05, 3.63) is 87.6 Å². The third-order valence-corrected chi connectivity index (χ3v) is 7.30. The summed E-state index contributed by atoms with van der Waals surface area (Å²) in [4.78, 5) is 28.4. The molecule has 7 heteroatoms. The number of carbonyl (C=O) groups excluding carboxylic acids is 2. The number of primary amides is 1. The van der Waals surface area contributed by atoms with Gasteiger partial charge in [-0.2, -0.15) is 0 Å². The van der Waals surface area contributed by atoms with Gasteiger partial charge in [0.2, 0.25) is 0 Å². The second-order valence-electron chi connectivity index (χ2n) is 8.81. The number of hydrogen-bond donors (Lipinski definition) is 2. The summed E-state index contributed by atoms with van der Waals surface area (Å²) in [6.45, 7) is 5.22. The van der Waals surface area contributed by atoms with Crippen molar-refractivity contribution in [2.75, 3.05) is 19.6 Å². The summed E-state index contributed by atoms with van der Waals surface area (Å²) < 4.78 is 5.82. The number of rotatable bonds is 9. The topological polar surface area (TPSA) is 84.7 Å². The Bertz CT molecular complexity index is 1110. The Labute approximate surface area is 204 Å². The number of para-hydroxylation sites is 1. The number of carbonyl (C=O) groups is 2. The van der Waals surface area contributed by atoms with Crippen molar-refractivity contribution in [3.8, 4) is 5.75 Å². The van der Waals surface area contributed by atoms with Gasteiger partial charge in [-0.05, 0) is 73.1 Å². The lowest BCUT2D eigenvalue weighted by molar-refractivity contribution is 0.0914. The normalized spacial score (nSPS) is 15.6. The van der Waals surface area contributed by atoms with Crippen LogP contribution in [0.3, 0.4) is 0 Å². The summed E-state index contributed by atoms with van der Waals surface area (Å²) in [5.74, 6) is 0.549. The number of thiophene rings is 1. The monoisotopic (exact) mass is 477 g/mol. The van der Waals surface area contributed by atoms with E-state index < -0.39 is 5.91 Å². The predicted molar refractivity (Wildman–Crippen MR) is 135 cm³/mol. The van der Waals surface area contributed by atoms with Crippen LogP contribution >= 0.6 is 11.3 Å². The summed E-state index contributed by atoms with van der Waals surface area (Å²) in [7, 11) is 0. The maximum atomic E-state index is 13.0. The van der Waals surface area contributed by atoms with Gasteiger partial charge in [0.25, 0.3) is 11.8 Å². The summed E-state index contributed by atoms with van der Waals surface area (Å²) in [6.07, 6.45) is 2.38. The van der Waals surface area contributed by atoms with Crippen molar-refractivity contribution < 1.29 is 14.3 Å². The van der Waals surface area contributed by atoms with Gasteiger partial charge in [0.1, 0.15) is 12.4 Å². The van der Waals surface area contributed by atoms with Crippen molar-refractivity contribution >= 4 is 23.2 Å². The van der Waals surface area contributed by atoms with E-state index in [0.717, 1.165) is 24.6 Å². The first-order valence-electron chi connectivity index (χ1n) is 11.7. The van der Waals surface area contributed by atoms with Gasteiger partial charge >= 0.3 is 0 Å². The van der Waals surface area contributed by atoms with Crippen LogP contribution in [-0.4, -0.2) is 36.3 Å². The molecule has 4 rings (SSSR count). The van der Waals surface area contributed by atoms with Gasteiger partial charge < -0.3 is 15.8 Å². The summed E-state index contributed by atoms with van der Waals surface area (Å²) in [6, 6.07) is 18.7. The minimum atomic E-state index is -0.535. The highest BCUT2D eigenvalue weighted by Crippen LogP contribution is 2.29. The fourth-order valence-electron chi connectivity index (χ4n) is 4.28. The van der Waals surface area contributed by atoms with Gasteiger partial charge in [0.15, 0.2) is 0 Å². The minimum absolute atomic E-state index is 0.105. The smallest absolute Gasteiger partial charge is 0.252 e. The van der Waals surface area contributed by atoms with E-state index >= 15 is 0 Å². The first-order chi connectivity index (χ1) is 16.5. The highest BCUT2D eigenvalue weighted by Gasteiger charge is 2.26. The molecule has 0 bridgehead atoms. The number of hydrogen-bond acceptors (Lipinski definition) is 5. The lowest BCUT2D eigenvalue weighted by atomic mass is 9.97. The van der Waals surface area contributed by atoms with Crippen LogP contribution in [0, 0.1) is 5.92 Å². The molecule has 2 amide bonds. The number of piperidine rings is 1. The third-order valence-electron chi connectivity index (χ3n) is 6.32. The second-order valence-corrected chi connectivity index (χ2v) is 9.79. The van der Waals surface area contributed by atoms with Crippen molar-refractivity contribution in [1.29, 1.82) is 0 Å². The third kappa shape index (κ3) is 6.04. The van der Waals surface area contributed by atoms with Gasteiger partial charge in [-0.1, -0.05) is 37.3 Å². The Hall–Kier alpha value is -3.16. The minimum Gasteiger partial charge on any atom is -0.488 e. The summed E-state index contributed by atoms with van der Waals surface area (Å²) >= 11 is 1.74. The average molecular weight is 478 g/mol. The molecule has 3 N–H and O–H groups in total. The van der Waals surface area contributed by atoms with Gasteiger partial charge in [0, 0.05) is 17.0 Å². The van der Waals surface area contributed by atoms with E-state index in [1.165, 1.54) is 17.7 Å². The zero-order chi connectivity index (χ0) is 23.9. The first-order valence-corrected chi connectivity index (χ1v) is 12.6. The SMILES string of the molecule is CC1CCN(C(CNC(=O)c2cccc(COc3ccccc3C(N)=O)c2)c2cccs2)CC1. The van der Waals surface area contributed by atoms with Gasteiger partial charge in [-0.15, -0.1) is 11.3 Å². The molecule has 2 heterocycles. The Kier molecular flexibility index (Phi) is 7.98. The average Bonchev–Trinajstić information content (AvgIpc) is 3.39. The highest BCUT2D eigenvalue weighted by atomic mass is 32.1. The molecule has 1 unspecified atom stereocenters. The van der Waals surface area contributed by atoms with E-state index in [0.29, 0.717) is 23.4 Å². The molecule has 34 heavy (non-hydrogen) atoms. The maximum Gasteiger partial charge on any atom is 0.252 e. The van der Waals surface area contributed by atoms with Crippen LogP contribution in [-0.2, 0) is 6.61 Å². The Morgan fingerprint density at radius 2 is 1.91 bits per heavy atom. The highest BCUT2D eigenvalue weighted by molar-refractivity contribution is 7.10. The largest absolute Gasteiger partial charge is 0.488 e. The molecular formula is C27H31N3O3S. The van der Waals surface area contributed by atoms with E-state index in [9.17, 15) is 9.59 Å². The molecule has 0 saturated carbocycles. The van der Waals surface area contributed by atoms with Crippen LogP contribution < -0.4 is 15.8 Å². The number of nitrogens with two attached hydrogens (primary N) is 1. The van der Waals surface area contributed by atoms with Crippen LogP contribution in [0.5, 0.6) is 5.75 Å². The van der Waals surface area contributed by atoms with Gasteiger partial charge in [-0.25, -0.2) is 0 Å². The molecule has 0 radical (unpaired) electrons. The second kappa shape index (κ2) is 11.3. The van der Waals surface area contributed by atoms with Gasteiger partial charge in [0.05, 0.1) is 11.6 Å². The summed E-state index contributed by atoms with van der Waals surface area (Å²) in [5.41, 5.74) is 7.19. The lowest BCUT2D eigenvalue weighted by Gasteiger charge is -2.36. The molecule has 1 fully saturated rings. The van der Waals surface area contributed by atoms with E-state index in [-0.39, 0.29) is 18.6 Å². The number of amides is 2. The van der Waals surface area contributed by atoms with Crippen molar-refractivity contribution in [2.24, 2.45) is 11.7 Å². The zero-order valence-electron chi connectivity index (χ0n) is 19.4. The van der Waals surface area contributed by atoms with Crippen molar-refractivity contribution in [3.63, 3.8) is 0 Å². The molecule has 2 aromatic carbocycles. The van der Waals surface area contributed by atoms with Crippen molar-refractivity contribution in [2.45, 2.75) is 32.4 Å². The Morgan fingerprint density at radius 3 is 2.65 bits per heavy atom. The molecule has 1 aliphatic heterocycles. The number of nitrogens with zero attached hydrogens (tertiary/aromatic N) is 1. The van der Waals surface area contributed by atoms with Crippen LogP contribution in [0.15, 0.2) is 66.0 Å². The number of benzene rings is 2. The molecule has 6 nitrogen and oxygen atoms in total. The quantitative estimate of drug-likeness (QED) is 0.471. The Balaban J connectivity index is 1.39. The molecule has 1 saturated heterocycles. The maximum absolute atomic E-state index is 13.0.